The summed E-state index contributed by atoms with van der Waals surface area (Å²) in [6.07, 6.45) is 5.24. The smallest absolute Gasteiger partial charge is 0.263 e. The maximum Gasteiger partial charge on any atom is 0.263 e. The van der Waals surface area contributed by atoms with Crippen LogP contribution in [0.2, 0.25) is 0 Å². The first-order valence-corrected chi connectivity index (χ1v) is 10.6. The van der Waals surface area contributed by atoms with Crippen LogP contribution in [0, 0.1) is 9.49 Å². The van der Waals surface area contributed by atoms with Crippen molar-refractivity contribution in [1.29, 1.82) is 0 Å². The van der Waals surface area contributed by atoms with Gasteiger partial charge in [0.25, 0.3) is 5.56 Å². The zero-order valence-electron chi connectivity index (χ0n) is 13.5. The minimum Gasteiger partial charge on any atom is -0.493 e. The molecule has 0 spiro atoms. The molecule has 0 radical (unpaired) electrons. The monoisotopic (exact) mass is 459 g/mol. The number of rotatable bonds is 5. The number of benzene rings is 1. The van der Waals surface area contributed by atoms with Gasteiger partial charge in [-0.25, -0.2) is 8.42 Å². The van der Waals surface area contributed by atoms with E-state index in [-0.39, 0.29) is 10.5 Å². The zero-order chi connectivity index (χ0) is 17.5. The average molecular weight is 459 g/mol. The van der Waals surface area contributed by atoms with E-state index in [1.54, 1.807) is 37.5 Å². The van der Waals surface area contributed by atoms with E-state index in [9.17, 15) is 13.2 Å². The van der Waals surface area contributed by atoms with Gasteiger partial charge in [-0.05, 0) is 65.6 Å². The number of hydrogen-bond acceptors (Lipinski definition) is 4. The maximum atomic E-state index is 11.9. The number of hydrogen-bond donors (Lipinski definition) is 0. The molecule has 0 aliphatic heterocycles. The summed E-state index contributed by atoms with van der Waals surface area (Å²) in [5.41, 5.74) is 1.36. The zero-order valence-corrected chi connectivity index (χ0v) is 16.4. The fourth-order valence-corrected chi connectivity index (χ4v) is 3.77. The predicted molar refractivity (Wildman–Crippen MR) is 101 cm³/mol. The van der Waals surface area contributed by atoms with Gasteiger partial charge in [0.2, 0.25) is 0 Å². The molecule has 2 aromatic rings. The number of sulfone groups is 1. The van der Waals surface area contributed by atoms with Crippen molar-refractivity contribution in [3.8, 4) is 16.9 Å². The second kappa shape index (κ2) is 6.51. The fraction of sp³-hybridized carbons (Fsp3) is 0.353. The topological polar surface area (TPSA) is 65.4 Å². The summed E-state index contributed by atoms with van der Waals surface area (Å²) < 4.78 is 31.8. The molecular formula is C17H18INO4S. The molecule has 0 amide bonds. The molecule has 0 unspecified atom stereocenters. The lowest BCUT2D eigenvalue weighted by molar-refractivity contribution is 0.301. The van der Waals surface area contributed by atoms with Crippen molar-refractivity contribution >= 4 is 32.4 Å². The Hall–Kier alpha value is -1.35. The largest absolute Gasteiger partial charge is 0.493 e. The fourth-order valence-electron chi connectivity index (χ4n) is 2.40. The van der Waals surface area contributed by atoms with Gasteiger partial charge in [-0.1, -0.05) is 0 Å². The van der Waals surface area contributed by atoms with Crippen LogP contribution in [0.15, 0.2) is 40.2 Å². The molecule has 0 bridgehead atoms. The summed E-state index contributed by atoms with van der Waals surface area (Å²) in [4.78, 5) is 12.2. The second-order valence-corrected chi connectivity index (χ2v) is 9.36. The molecule has 128 valence electrons. The Labute approximate surface area is 154 Å². The Morgan fingerprint density at radius 3 is 2.58 bits per heavy atom. The first kappa shape index (κ1) is 17.5. The second-order valence-electron chi connectivity index (χ2n) is 6.18. The minimum absolute atomic E-state index is 0.0842. The Bertz CT molecular complexity index is 919. The molecule has 7 heteroatoms. The first-order chi connectivity index (χ1) is 11.3. The van der Waals surface area contributed by atoms with Crippen molar-refractivity contribution in [2.45, 2.75) is 17.7 Å². The molecule has 1 aliphatic rings. The normalized spacial score (nSPS) is 14.6. The molecule has 3 rings (SSSR count). The van der Waals surface area contributed by atoms with Crippen molar-refractivity contribution in [2.24, 2.45) is 13.0 Å². The maximum absolute atomic E-state index is 11.9. The summed E-state index contributed by atoms with van der Waals surface area (Å²) in [5, 5.41) is 0. The highest BCUT2D eigenvalue weighted by Gasteiger charge is 2.23. The van der Waals surface area contributed by atoms with E-state index in [2.05, 4.69) is 0 Å². The highest BCUT2D eigenvalue weighted by molar-refractivity contribution is 14.1. The van der Waals surface area contributed by atoms with Crippen molar-refractivity contribution < 1.29 is 13.2 Å². The Balaban J connectivity index is 2.12. The number of pyridine rings is 1. The van der Waals surface area contributed by atoms with Crippen LogP contribution in [-0.2, 0) is 16.9 Å². The van der Waals surface area contributed by atoms with Crippen molar-refractivity contribution in [3.05, 3.63) is 44.4 Å². The summed E-state index contributed by atoms with van der Waals surface area (Å²) >= 11 is 1.99. The van der Waals surface area contributed by atoms with Crippen molar-refractivity contribution in [2.75, 3.05) is 12.9 Å². The number of ether oxygens (including phenoxy) is 1. The average Bonchev–Trinajstić information content (AvgIpc) is 3.33. The van der Waals surface area contributed by atoms with Crippen LogP contribution in [0.3, 0.4) is 0 Å². The summed E-state index contributed by atoms with van der Waals surface area (Å²) in [7, 11) is -1.64. The van der Waals surface area contributed by atoms with Crippen LogP contribution in [0.4, 0.5) is 0 Å². The standard InChI is InChI=1S/C17H18INO4S/c1-19-9-12(7-15(18)17(19)20)14-8-13(24(2,21)22)5-6-16(14)23-10-11-3-4-11/h5-9,11H,3-4,10H2,1-2H3. The number of nitrogens with zero attached hydrogens (tertiary/aromatic N) is 1. The van der Waals surface area contributed by atoms with E-state index in [0.29, 0.717) is 27.4 Å². The molecule has 0 N–H and O–H groups in total. The first-order valence-electron chi connectivity index (χ1n) is 7.59. The Morgan fingerprint density at radius 1 is 1.29 bits per heavy atom. The van der Waals surface area contributed by atoms with E-state index < -0.39 is 9.84 Å². The van der Waals surface area contributed by atoms with Gasteiger partial charge in [0.1, 0.15) is 5.75 Å². The molecule has 0 saturated heterocycles. The van der Waals surface area contributed by atoms with Gasteiger partial charge in [0.05, 0.1) is 15.1 Å². The van der Waals surface area contributed by atoms with E-state index in [1.807, 2.05) is 22.6 Å². The van der Waals surface area contributed by atoms with Crippen molar-refractivity contribution in [1.82, 2.24) is 4.57 Å². The summed E-state index contributed by atoms with van der Waals surface area (Å²) in [5.74, 6) is 1.23. The molecule has 24 heavy (non-hydrogen) atoms. The van der Waals surface area contributed by atoms with E-state index in [0.717, 1.165) is 5.56 Å². The lowest BCUT2D eigenvalue weighted by Gasteiger charge is -2.14. The predicted octanol–water partition coefficient (Wildman–Crippen LogP) is 2.85. The van der Waals surface area contributed by atoms with Crippen LogP contribution in [0.5, 0.6) is 5.75 Å². The summed E-state index contributed by atoms with van der Waals surface area (Å²) in [6.45, 7) is 0.633. The third-order valence-electron chi connectivity index (χ3n) is 4.00. The molecule has 1 aliphatic carbocycles. The van der Waals surface area contributed by atoms with Crippen LogP contribution in [-0.4, -0.2) is 25.8 Å². The molecule has 1 aromatic heterocycles. The molecule has 1 aromatic carbocycles. The van der Waals surface area contributed by atoms with E-state index in [1.165, 1.54) is 23.7 Å². The number of aryl methyl sites for hydroxylation is 1. The van der Waals surface area contributed by atoms with Gasteiger partial charge in [0.15, 0.2) is 9.84 Å². The quantitative estimate of drug-likeness (QED) is 0.646. The lowest BCUT2D eigenvalue weighted by atomic mass is 10.1. The molecule has 0 atom stereocenters. The van der Waals surface area contributed by atoms with Gasteiger partial charge in [-0.15, -0.1) is 0 Å². The Morgan fingerprint density at radius 2 is 2.00 bits per heavy atom. The van der Waals surface area contributed by atoms with E-state index >= 15 is 0 Å². The summed E-state index contributed by atoms with van der Waals surface area (Å²) in [6, 6.07) is 6.64. The van der Waals surface area contributed by atoms with E-state index in [4.69, 9.17) is 4.74 Å². The third kappa shape index (κ3) is 3.83. The van der Waals surface area contributed by atoms with Gasteiger partial charge in [-0.2, -0.15) is 0 Å². The van der Waals surface area contributed by atoms with Gasteiger partial charge >= 0.3 is 0 Å². The molecule has 1 saturated carbocycles. The lowest BCUT2D eigenvalue weighted by Crippen LogP contribution is -2.18. The minimum atomic E-state index is -3.32. The molecule has 1 fully saturated rings. The van der Waals surface area contributed by atoms with Gasteiger partial charge in [-0.3, -0.25) is 4.79 Å². The van der Waals surface area contributed by atoms with Crippen LogP contribution in [0.1, 0.15) is 12.8 Å². The highest BCUT2D eigenvalue weighted by Crippen LogP contribution is 2.35. The Kier molecular flexibility index (Phi) is 4.74. The molecule has 1 heterocycles. The molecular weight excluding hydrogens is 441 g/mol. The van der Waals surface area contributed by atoms with Crippen LogP contribution < -0.4 is 10.3 Å². The highest BCUT2D eigenvalue weighted by atomic mass is 127. The van der Waals surface area contributed by atoms with Gasteiger partial charge < -0.3 is 9.30 Å². The molecule has 5 nitrogen and oxygen atoms in total. The number of aromatic nitrogens is 1. The SMILES string of the molecule is Cn1cc(-c2cc(S(C)(=O)=O)ccc2OCC2CC2)cc(I)c1=O. The van der Waals surface area contributed by atoms with Crippen molar-refractivity contribution in [3.63, 3.8) is 0 Å². The number of halogens is 1. The third-order valence-corrected chi connectivity index (χ3v) is 5.88. The van der Waals surface area contributed by atoms with Crippen LogP contribution in [0.25, 0.3) is 11.1 Å². The van der Waals surface area contributed by atoms with Crippen LogP contribution >= 0.6 is 22.6 Å². The van der Waals surface area contributed by atoms with Gasteiger partial charge in [0, 0.05) is 30.6 Å².